The van der Waals surface area contributed by atoms with Crippen molar-refractivity contribution in [3.63, 3.8) is 0 Å². The van der Waals surface area contributed by atoms with Gasteiger partial charge in [0.25, 0.3) is 0 Å². The summed E-state index contributed by atoms with van der Waals surface area (Å²) >= 11 is 0. The zero-order chi connectivity index (χ0) is 11.8. The number of rotatable bonds is 2. The van der Waals surface area contributed by atoms with E-state index in [0.717, 1.165) is 12.0 Å². The largest absolute Gasteiger partial charge is 0.372 e. The fraction of sp³-hybridized carbons (Fsp3) is 1.00. The summed E-state index contributed by atoms with van der Waals surface area (Å²) in [6.07, 6.45) is 7.28. The maximum absolute atomic E-state index is 6.27. The number of nitrogens with zero attached hydrogens (tertiary/aromatic N) is 1. The maximum atomic E-state index is 6.27. The second-order valence-electron chi connectivity index (χ2n) is 6.55. The van der Waals surface area contributed by atoms with Crippen LogP contribution in [0.2, 0.25) is 0 Å². The third-order valence-electron chi connectivity index (χ3n) is 4.10. The van der Waals surface area contributed by atoms with Gasteiger partial charge in [-0.15, -0.1) is 0 Å². The van der Waals surface area contributed by atoms with E-state index in [1.807, 2.05) is 0 Å². The van der Waals surface area contributed by atoms with Crippen molar-refractivity contribution in [3.8, 4) is 0 Å². The van der Waals surface area contributed by atoms with Crippen LogP contribution in [0.3, 0.4) is 0 Å². The fourth-order valence-corrected chi connectivity index (χ4v) is 3.24. The number of ether oxygens (including phenoxy) is 1. The Labute approximate surface area is 100 Å². The predicted molar refractivity (Wildman–Crippen MR) is 67.6 cm³/mol. The van der Waals surface area contributed by atoms with Crippen LogP contribution in [0.15, 0.2) is 0 Å². The average Bonchev–Trinajstić information content (AvgIpc) is 2.16. The lowest BCUT2D eigenvalue weighted by Crippen LogP contribution is -2.54. The molecule has 1 saturated heterocycles. The summed E-state index contributed by atoms with van der Waals surface area (Å²) in [4.78, 5) is 2.51. The molecule has 2 aliphatic rings. The van der Waals surface area contributed by atoms with E-state index in [4.69, 9.17) is 4.74 Å². The van der Waals surface area contributed by atoms with Crippen molar-refractivity contribution >= 4 is 0 Å². The molecule has 2 nitrogen and oxygen atoms in total. The smallest absolute Gasteiger partial charge is 0.0625 e. The van der Waals surface area contributed by atoms with Gasteiger partial charge in [-0.05, 0) is 53.6 Å². The van der Waals surface area contributed by atoms with Crippen LogP contribution in [0.5, 0.6) is 0 Å². The minimum atomic E-state index is 0.0164. The van der Waals surface area contributed by atoms with E-state index in [9.17, 15) is 0 Å². The Morgan fingerprint density at radius 1 is 1.06 bits per heavy atom. The summed E-state index contributed by atoms with van der Waals surface area (Å²) in [5.74, 6) is 0.784. The summed E-state index contributed by atoms with van der Waals surface area (Å²) in [6.45, 7) is 7.83. The molecule has 3 unspecified atom stereocenters. The van der Waals surface area contributed by atoms with E-state index >= 15 is 0 Å². The van der Waals surface area contributed by atoms with Gasteiger partial charge in [0, 0.05) is 12.0 Å². The molecule has 1 saturated carbocycles. The number of hydrogen-bond acceptors (Lipinski definition) is 2. The van der Waals surface area contributed by atoms with E-state index in [0.29, 0.717) is 6.10 Å². The standard InChI is InChI=1S/C14H27NO/c1-14(2,3)16-13-8-6-5-7-11(13)12-9-10-15(12)4/h11-13H,5-10H2,1-4H3. The topological polar surface area (TPSA) is 12.5 Å². The summed E-state index contributed by atoms with van der Waals surface area (Å²) < 4.78 is 6.27. The molecule has 0 aromatic carbocycles. The molecule has 2 rings (SSSR count). The highest BCUT2D eigenvalue weighted by atomic mass is 16.5. The molecule has 94 valence electrons. The van der Waals surface area contributed by atoms with Gasteiger partial charge >= 0.3 is 0 Å². The Balaban J connectivity index is 1.97. The summed E-state index contributed by atoms with van der Waals surface area (Å²) in [5, 5.41) is 0. The number of likely N-dealkylation sites (tertiary alicyclic amines) is 1. The quantitative estimate of drug-likeness (QED) is 0.716. The fourth-order valence-electron chi connectivity index (χ4n) is 3.24. The first-order valence-electron chi connectivity index (χ1n) is 6.85. The van der Waals surface area contributed by atoms with Gasteiger partial charge in [0.15, 0.2) is 0 Å². The summed E-state index contributed by atoms with van der Waals surface area (Å²) in [5.41, 5.74) is 0.0164. The maximum Gasteiger partial charge on any atom is 0.0625 e. The first-order chi connectivity index (χ1) is 7.47. The van der Waals surface area contributed by atoms with Gasteiger partial charge in [-0.1, -0.05) is 12.8 Å². The Bertz CT molecular complexity index is 233. The molecule has 16 heavy (non-hydrogen) atoms. The first-order valence-corrected chi connectivity index (χ1v) is 6.85. The van der Waals surface area contributed by atoms with Crippen molar-refractivity contribution < 1.29 is 4.74 Å². The summed E-state index contributed by atoms with van der Waals surface area (Å²) in [6, 6.07) is 0.799. The minimum absolute atomic E-state index is 0.0164. The molecule has 2 heteroatoms. The van der Waals surface area contributed by atoms with Crippen molar-refractivity contribution in [1.29, 1.82) is 0 Å². The van der Waals surface area contributed by atoms with E-state index < -0.39 is 0 Å². The highest BCUT2D eigenvalue weighted by Gasteiger charge is 2.39. The van der Waals surface area contributed by atoms with Crippen LogP contribution in [0.25, 0.3) is 0 Å². The van der Waals surface area contributed by atoms with Gasteiger partial charge in [0.1, 0.15) is 0 Å². The third kappa shape index (κ3) is 2.78. The van der Waals surface area contributed by atoms with Crippen LogP contribution in [0, 0.1) is 5.92 Å². The third-order valence-corrected chi connectivity index (χ3v) is 4.10. The highest BCUT2D eigenvalue weighted by Crippen LogP contribution is 2.37. The lowest BCUT2D eigenvalue weighted by atomic mass is 9.77. The molecule has 1 heterocycles. The van der Waals surface area contributed by atoms with E-state index in [2.05, 4.69) is 32.7 Å². The molecule has 0 amide bonds. The van der Waals surface area contributed by atoms with Crippen LogP contribution < -0.4 is 0 Å². The Kier molecular flexibility index (Phi) is 3.60. The molecule has 0 spiro atoms. The molecule has 0 aromatic heterocycles. The van der Waals surface area contributed by atoms with Crippen LogP contribution in [-0.4, -0.2) is 36.2 Å². The van der Waals surface area contributed by atoms with Gasteiger partial charge < -0.3 is 9.64 Å². The van der Waals surface area contributed by atoms with Gasteiger partial charge in [0.05, 0.1) is 11.7 Å². The molecule has 0 N–H and O–H groups in total. The predicted octanol–water partition coefficient (Wildman–Crippen LogP) is 3.06. The van der Waals surface area contributed by atoms with E-state index in [-0.39, 0.29) is 5.60 Å². The second-order valence-corrected chi connectivity index (χ2v) is 6.55. The van der Waals surface area contributed by atoms with E-state index in [1.165, 1.54) is 38.6 Å². The van der Waals surface area contributed by atoms with Crippen LogP contribution in [-0.2, 0) is 4.74 Å². The Morgan fingerprint density at radius 2 is 1.75 bits per heavy atom. The number of hydrogen-bond donors (Lipinski definition) is 0. The average molecular weight is 225 g/mol. The molecule has 2 fully saturated rings. The van der Waals surface area contributed by atoms with Crippen LogP contribution in [0.1, 0.15) is 52.9 Å². The molecule has 1 aliphatic carbocycles. The van der Waals surface area contributed by atoms with Gasteiger partial charge in [-0.3, -0.25) is 0 Å². The van der Waals surface area contributed by atoms with Gasteiger partial charge in [-0.25, -0.2) is 0 Å². The minimum Gasteiger partial charge on any atom is -0.372 e. The molecular weight excluding hydrogens is 198 g/mol. The van der Waals surface area contributed by atoms with Crippen molar-refractivity contribution in [1.82, 2.24) is 4.90 Å². The zero-order valence-electron chi connectivity index (χ0n) is 11.3. The highest BCUT2D eigenvalue weighted by molar-refractivity contribution is 4.92. The molecule has 3 atom stereocenters. The molecule has 0 aromatic rings. The molecular formula is C14H27NO. The normalized spacial score (nSPS) is 37.1. The Morgan fingerprint density at radius 3 is 2.25 bits per heavy atom. The second kappa shape index (κ2) is 4.66. The lowest BCUT2D eigenvalue weighted by Gasteiger charge is -2.48. The summed E-state index contributed by atoms with van der Waals surface area (Å²) in [7, 11) is 2.26. The van der Waals surface area contributed by atoms with E-state index in [1.54, 1.807) is 0 Å². The molecule has 1 aliphatic heterocycles. The van der Waals surface area contributed by atoms with Gasteiger partial charge in [-0.2, -0.15) is 0 Å². The zero-order valence-corrected chi connectivity index (χ0v) is 11.3. The molecule has 0 radical (unpaired) electrons. The molecule has 0 bridgehead atoms. The van der Waals surface area contributed by atoms with Crippen molar-refractivity contribution in [3.05, 3.63) is 0 Å². The Hall–Kier alpha value is -0.0800. The SMILES string of the molecule is CN1CCC1C1CCCCC1OC(C)(C)C. The van der Waals surface area contributed by atoms with Crippen molar-refractivity contribution in [2.45, 2.75) is 70.6 Å². The van der Waals surface area contributed by atoms with Crippen molar-refractivity contribution in [2.75, 3.05) is 13.6 Å². The van der Waals surface area contributed by atoms with Gasteiger partial charge in [0.2, 0.25) is 0 Å². The first kappa shape index (κ1) is 12.4. The van der Waals surface area contributed by atoms with Crippen LogP contribution >= 0.6 is 0 Å². The van der Waals surface area contributed by atoms with Crippen LogP contribution in [0.4, 0.5) is 0 Å². The monoisotopic (exact) mass is 225 g/mol. The van der Waals surface area contributed by atoms with Crippen molar-refractivity contribution in [2.24, 2.45) is 5.92 Å². The lowest BCUT2D eigenvalue weighted by molar-refractivity contribution is -0.123.